The molecule has 6 nitrogen and oxygen atoms in total. The van der Waals surface area contributed by atoms with Gasteiger partial charge in [0, 0.05) is 18.1 Å². The summed E-state index contributed by atoms with van der Waals surface area (Å²) in [6, 6.07) is 7.76. The van der Waals surface area contributed by atoms with Gasteiger partial charge in [-0.15, -0.1) is 0 Å². The second-order valence-corrected chi connectivity index (χ2v) is 5.04. The monoisotopic (exact) mass is 335 g/mol. The van der Waals surface area contributed by atoms with Crippen molar-refractivity contribution in [2.45, 2.75) is 6.54 Å². The van der Waals surface area contributed by atoms with Crippen LogP contribution in [0.5, 0.6) is 0 Å². The maximum Gasteiger partial charge on any atom is 0.274 e. The van der Waals surface area contributed by atoms with Crippen LogP contribution in [0.25, 0.3) is 0 Å². The highest BCUT2D eigenvalue weighted by Crippen LogP contribution is 2.17. The first-order chi connectivity index (χ1) is 9.61. The maximum absolute atomic E-state index is 12.2. The molecule has 1 heterocycles. The third-order valence-corrected chi connectivity index (χ3v) is 3.50. The summed E-state index contributed by atoms with van der Waals surface area (Å²) in [5, 5.41) is 0. The minimum Gasteiger partial charge on any atom is -0.336 e. The Labute approximate surface area is 125 Å². The number of hydrazine groups is 1. The Balaban J connectivity index is 2.10. The molecule has 0 aliphatic carbocycles. The van der Waals surface area contributed by atoms with Crippen molar-refractivity contribution in [2.75, 3.05) is 12.5 Å². The molecular formula is C13H14BrN5O. The van der Waals surface area contributed by atoms with Crippen LogP contribution in [-0.4, -0.2) is 27.8 Å². The number of nitrogens with two attached hydrogens (primary N) is 1. The van der Waals surface area contributed by atoms with Crippen molar-refractivity contribution >= 4 is 27.7 Å². The number of amides is 1. The van der Waals surface area contributed by atoms with E-state index in [1.54, 1.807) is 11.9 Å². The van der Waals surface area contributed by atoms with Crippen LogP contribution in [0.2, 0.25) is 0 Å². The molecule has 0 aliphatic rings. The fourth-order valence-electron chi connectivity index (χ4n) is 1.66. The number of carbonyl (C=O) groups is 1. The van der Waals surface area contributed by atoms with E-state index in [0.717, 1.165) is 10.0 Å². The molecule has 0 atom stereocenters. The number of hydrogen-bond donors (Lipinski definition) is 2. The number of rotatable bonds is 4. The molecule has 0 saturated carbocycles. The van der Waals surface area contributed by atoms with Gasteiger partial charge in [-0.1, -0.05) is 34.1 Å². The third-order valence-electron chi connectivity index (χ3n) is 2.73. The van der Waals surface area contributed by atoms with Crippen molar-refractivity contribution in [1.29, 1.82) is 0 Å². The van der Waals surface area contributed by atoms with Crippen LogP contribution in [0.1, 0.15) is 16.1 Å². The van der Waals surface area contributed by atoms with Crippen LogP contribution in [-0.2, 0) is 6.54 Å². The lowest BCUT2D eigenvalue weighted by molar-refractivity contribution is 0.0778. The second kappa shape index (κ2) is 6.44. The van der Waals surface area contributed by atoms with Crippen LogP contribution in [0.4, 0.5) is 5.82 Å². The molecule has 0 bridgehead atoms. The van der Waals surface area contributed by atoms with E-state index in [0.29, 0.717) is 12.4 Å². The molecule has 2 rings (SSSR count). The Kier molecular flexibility index (Phi) is 4.65. The molecule has 20 heavy (non-hydrogen) atoms. The summed E-state index contributed by atoms with van der Waals surface area (Å²) < 4.78 is 0.966. The van der Waals surface area contributed by atoms with Crippen molar-refractivity contribution in [3.8, 4) is 0 Å². The van der Waals surface area contributed by atoms with Gasteiger partial charge in [-0.2, -0.15) is 0 Å². The SMILES string of the molecule is CN(Cc1ccccc1Br)C(=O)c1cnc(NN)cn1. The molecule has 0 spiro atoms. The lowest BCUT2D eigenvalue weighted by atomic mass is 10.2. The van der Waals surface area contributed by atoms with Gasteiger partial charge in [0.15, 0.2) is 5.82 Å². The topological polar surface area (TPSA) is 84.1 Å². The van der Waals surface area contributed by atoms with E-state index in [9.17, 15) is 4.79 Å². The van der Waals surface area contributed by atoms with Gasteiger partial charge < -0.3 is 10.3 Å². The molecule has 0 unspecified atom stereocenters. The molecule has 0 radical (unpaired) electrons. The lowest BCUT2D eigenvalue weighted by Crippen LogP contribution is -2.27. The number of nitrogen functional groups attached to an aromatic ring is 1. The molecule has 3 N–H and O–H groups in total. The Morgan fingerprint density at radius 1 is 1.35 bits per heavy atom. The van der Waals surface area contributed by atoms with E-state index in [1.165, 1.54) is 12.4 Å². The van der Waals surface area contributed by atoms with Crippen LogP contribution in [0.15, 0.2) is 41.1 Å². The summed E-state index contributed by atoms with van der Waals surface area (Å²) in [4.78, 5) is 21.8. The summed E-state index contributed by atoms with van der Waals surface area (Å²) in [5.74, 6) is 5.42. The zero-order valence-corrected chi connectivity index (χ0v) is 12.5. The molecule has 0 saturated heterocycles. The summed E-state index contributed by atoms with van der Waals surface area (Å²) in [5.41, 5.74) is 3.67. The number of hydrogen-bond acceptors (Lipinski definition) is 5. The van der Waals surface area contributed by atoms with Crippen molar-refractivity contribution in [1.82, 2.24) is 14.9 Å². The van der Waals surface area contributed by atoms with E-state index >= 15 is 0 Å². The average Bonchev–Trinajstić information content (AvgIpc) is 2.49. The maximum atomic E-state index is 12.2. The molecule has 2 aromatic rings. The molecule has 104 valence electrons. The van der Waals surface area contributed by atoms with Crippen molar-refractivity contribution in [3.05, 3.63) is 52.4 Å². The van der Waals surface area contributed by atoms with E-state index < -0.39 is 0 Å². The zero-order valence-electron chi connectivity index (χ0n) is 10.9. The van der Waals surface area contributed by atoms with E-state index in [2.05, 4.69) is 31.3 Å². The average molecular weight is 336 g/mol. The van der Waals surface area contributed by atoms with Gasteiger partial charge in [-0.3, -0.25) is 4.79 Å². The van der Waals surface area contributed by atoms with Gasteiger partial charge >= 0.3 is 0 Å². The number of nitrogens with one attached hydrogen (secondary N) is 1. The number of carbonyl (C=O) groups excluding carboxylic acids is 1. The van der Waals surface area contributed by atoms with E-state index in [-0.39, 0.29) is 11.6 Å². The highest BCUT2D eigenvalue weighted by molar-refractivity contribution is 9.10. The molecule has 0 fully saturated rings. The van der Waals surface area contributed by atoms with Gasteiger partial charge in [-0.05, 0) is 11.6 Å². The Morgan fingerprint density at radius 3 is 2.70 bits per heavy atom. The fourth-order valence-corrected chi connectivity index (χ4v) is 2.07. The largest absolute Gasteiger partial charge is 0.336 e. The smallest absolute Gasteiger partial charge is 0.274 e. The fraction of sp³-hybridized carbons (Fsp3) is 0.154. The molecule has 7 heteroatoms. The van der Waals surface area contributed by atoms with Crippen LogP contribution >= 0.6 is 15.9 Å². The predicted octanol–water partition coefficient (Wildman–Crippen LogP) is 1.80. The first kappa shape index (κ1) is 14.4. The van der Waals surface area contributed by atoms with Gasteiger partial charge in [0.2, 0.25) is 0 Å². The standard InChI is InChI=1S/C13H14BrN5O/c1-19(8-9-4-2-3-5-10(9)14)13(20)11-6-17-12(18-15)7-16-11/h2-7H,8,15H2,1H3,(H,17,18). The van der Waals surface area contributed by atoms with E-state index in [4.69, 9.17) is 5.84 Å². The first-order valence-corrected chi connectivity index (χ1v) is 6.68. The third kappa shape index (κ3) is 3.31. The van der Waals surface area contributed by atoms with Crippen LogP contribution < -0.4 is 11.3 Å². The molecule has 1 aromatic heterocycles. The molecular weight excluding hydrogens is 322 g/mol. The number of halogens is 1. The van der Waals surface area contributed by atoms with Gasteiger partial charge in [0.05, 0.1) is 12.4 Å². The Morgan fingerprint density at radius 2 is 2.10 bits per heavy atom. The number of anilines is 1. The molecule has 1 aromatic carbocycles. The Bertz CT molecular complexity index is 602. The van der Waals surface area contributed by atoms with E-state index in [1.807, 2.05) is 24.3 Å². The van der Waals surface area contributed by atoms with Crippen molar-refractivity contribution in [2.24, 2.45) is 5.84 Å². The van der Waals surface area contributed by atoms with Crippen molar-refractivity contribution < 1.29 is 4.79 Å². The predicted molar refractivity (Wildman–Crippen MR) is 79.8 cm³/mol. The normalized spacial score (nSPS) is 10.2. The minimum absolute atomic E-state index is 0.197. The Hall–Kier alpha value is -1.99. The number of benzene rings is 1. The first-order valence-electron chi connectivity index (χ1n) is 5.89. The van der Waals surface area contributed by atoms with Gasteiger partial charge in [-0.25, -0.2) is 15.8 Å². The molecule has 0 aliphatic heterocycles. The highest BCUT2D eigenvalue weighted by Gasteiger charge is 2.14. The number of aromatic nitrogens is 2. The summed E-state index contributed by atoms with van der Waals surface area (Å²) >= 11 is 3.46. The zero-order chi connectivity index (χ0) is 14.5. The van der Waals surface area contributed by atoms with Gasteiger partial charge in [0.1, 0.15) is 5.69 Å². The quantitative estimate of drug-likeness (QED) is 0.657. The van der Waals surface area contributed by atoms with Gasteiger partial charge in [0.25, 0.3) is 5.91 Å². The summed E-state index contributed by atoms with van der Waals surface area (Å²) in [6.45, 7) is 0.485. The summed E-state index contributed by atoms with van der Waals surface area (Å²) in [6.07, 6.45) is 2.81. The lowest BCUT2D eigenvalue weighted by Gasteiger charge is -2.17. The van der Waals surface area contributed by atoms with Crippen LogP contribution in [0, 0.1) is 0 Å². The highest BCUT2D eigenvalue weighted by atomic mass is 79.9. The minimum atomic E-state index is -0.197. The number of nitrogens with zero attached hydrogens (tertiary/aromatic N) is 3. The summed E-state index contributed by atoms with van der Waals surface area (Å²) in [7, 11) is 1.72. The second-order valence-electron chi connectivity index (χ2n) is 4.18. The van der Waals surface area contributed by atoms with Crippen LogP contribution in [0.3, 0.4) is 0 Å². The molecule has 1 amide bonds. The van der Waals surface area contributed by atoms with Crippen molar-refractivity contribution in [3.63, 3.8) is 0 Å².